The largest absolute Gasteiger partial charge is 0.468 e. The van der Waals surface area contributed by atoms with Gasteiger partial charge in [-0.25, -0.2) is 5.06 Å². The molecular weight excluding hydrogens is 406 g/mol. The van der Waals surface area contributed by atoms with Crippen LogP contribution in [0.3, 0.4) is 0 Å². The number of carbonyl (C=O) groups is 2. The normalized spacial score (nSPS) is 19.8. The van der Waals surface area contributed by atoms with E-state index in [4.69, 9.17) is 14.3 Å². The summed E-state index contributed by atoms with van der Waals surface area (Å²) in [6, 6.07) is 27.5. The highest BCUT2D eigenvalue weighted by molar-refractivity contribution is 6.02. The van der Waals surface area contributed by atoms with Gasteiger partial charge in [0.15, 0.2) is 5.41 Å². The Balaban J connectivity index is 1.97. The summed E-state index contributed by atoms with van der Waals surface area (Å²) >= 11 is 0. The van der Waals surface area contributed by atoms with Crippen LogP contribution in [0.5, 0.6) is 0 Å². The molecule has 1 aliphatic heterocycles. The quantitative estimate of drug-likeness (QED) is 0.433. The van der Waals surface area contributed by atoms with E-state index in [-0.39, 0.29) is 6.42 Å². The number of ether oxygens (including phenoxy) is 2. The van der Waals surface area contributed by atoms with E-state index in [1.807, 2.05) is 91.0 Å². The molecule has 4 rings (SSSR count). The lowest BCUT2D eigenvalue weighted by Crippen LogP contribution is -2.56. The Morgan fingerprint density at radius 1 is 0.781 bits per heavy atom. The first kappa shape index (κ1) is 21.6. The first-order valence-electron chi connectivity index (χ1n) is 10.4. The van der Waals surface area contributed by atoms with Crippen LogP contribution in [0.1, 0.15) is 29.7 Å². The average molecular weight is 431 g/mol. The van der Waals surface area contributed by atoms with Gasteiger partial charge in [-0.15, -0.1) is 0 Å². The second-order valence-electron chi connectivity index (χ2n) is 7.64. The fraction of sp³-hybridized carbons (Fsp3) is 0.231. The number of para-hydroxylation sites is 1. The number of hydrogen-bond acceptors (Lipinski definition) is 6. The van der Waals surface area contributed by atoms with E-state index in [2.05, 4.69) is 0 Å². The fourth-order valence-electron chi connectivity index (χ4n) is 4.36. The van der Waals surface area contributed by atoms with Crippen molar-refractivity contribution in [1.82, 2.24) is 0 Å². The molecule has 3 aromatic rings. The molecule has 6 heteroatoms. The minimum absolute atomic E-state index is 0.0687. The van der Waals surface area contributed by atoms with Crippen LogP contribution < -0.4 is 5.06 Å². The molecule has 2 atom stereocenters. The van der Waals surface area contributed by atoms with Crippen molar-refractivity contribution in [1.29, 1.82) is 0 Å². The lowest BCUT2D eigenvalue weighted by molar-refractivity contribution is -0.186. The Labute approximate surface area is 187 Å². The highest BCUT2D eigenvalue weighted by Gasteiger charge is 2.62. The summed E-state index contributed by atoms with van der Waals surface area (Å²) in [5.41, 5.74) is 0.634. The number of hydrogen-bond donors (Lipinski definition) is 0. The molecule has 0 aromatic heterocycles. The van der Waals surface area contributed by atoms with Crippen molar-refractivity contribution >= 4 is 17.6 Å². The maximum Gasteiger partial charge on any atom is 0.325 e. The van der Waals surface area contributed by atoms with Crippen LogP contribution >= 0.6 is 0 Å². The second kappa shape index (κ2) is 9.24. The predicted octanol–water partition coefficient (Wildman–Crippen LogP) is 4.64. The molecule has 6 nitrogen and oxygen atoms in total. The van der Waals surface area contributed by atoms with Crippen LogP contribution in [0.25, 0.3) is 0 Å². The molecule has 1 aliphatic rings. The summed E-state index contributed by atoms with van der Waals surface area (Å²) in [5, 5.41) is 1.64. The molecule has 32 heavy (non-hydrogen) atoms. The molecule has 0 amide bonds. The summed E-state index contributed by atoms with van der Waals surface area (Å²) in [6.45, 7) is 0. The minimum Gasteiger partial charge on any atom is -0.468 e. The van der Waals surface area contributed by atoms with Gasteiger partial charge in [-0.3, -0.25) is 14.4 Å². The zero-order chi connectivity index (χ0) is 22.6. The second-order valence-corrected chi connectivity index (χ2v) is 7.64. The number of nitrogens with zero attached hydrogens (tertiary/aromatic N) is 1. The Hall–Kier alpha value is -3.64. The fourth-order valence-corrected chi connectivity index (χ4v) is 4.36. The van der Waals surface area contributed by atoms with E-state index >= 15 is 0 Å². The summed E-state index contributed by atoms with van der Waals surface area (Å²) in [7, 11) is 2.57. The van der Waals surface area contributed by atoms with Crippen LogP contribution in [-0.2, 0) is 23.9 Å². The van der Waals surface area contributed by atoms with E-state index in [1.54, 1.807) is 5.06 Å². The third-order valence-corrected chi connectivity index (χ3v) is 5.85. The molecule has 0 saturated carbocycles. The third kappa shape index (κ3) is 3.74. The third-order valence-electron chi connectivity index (χ3n) is 5.85. The van der Waals surface area contributed by atoms with Crippen molar-refractivity contribution in [3.63, 3.8) is 0 Å². The molecule has 3 aromatic carbocycles. The molecule has 1 fully saturated rings. The van der Waals surface area contributed by atoms with Crippen molar-refractivity contribution in [2.24, 2.45) is 5.41 Å². The summed E-state index contributed by atoms with van der Waals surface area (Å²) in [6.07, 6.45) is -0.506. The number of esters is 2. The number of anilines is 1. The van der Waals surface area contributed by atoms with Gasteiger partial charge < -0.3 is 9.47 Å². The van der Waals surface area contributed by atoms with Gasteiger partial charge in [0.25, 0.3) is 0 Å². The number of carbonyl (C=O) groups excluding carboxylic acids is 2. The van der Waals surface area contributed by atoms with Crippen LogP contribution in [-0.4, -0.2) is 26.2 Å². The van der Waals surface area contributed by atoms with Crippen LogP contribution in [0.2, 0.25) is 0 Å². The first-order valence-corrected chi connectivity index (χ1v) is 10.4. The van der Waals surface area contributed by atoms with Gasteiger partial charge in [0, 0.05) is 6.42 Å². The van der Waals surface area contributed by atoms with E-state index in [0.29, 0.717) is 5.69 Å². The number of benzene rings is 3. The molecule has 0 aliphatic carbocycles. The topological polar surface area (TPSA) is 65.1 Å². The van der Waals surface area contributed by atoms with Gasteiger partial charge in [-0.05, 0) is 23.3 Å². The summed E-state index contributed by atoms with van der Waals surface area (Å²) < 4.78 is 10.4. The number of hydroxylamine groups is 1. The first-order chi connectivity index (χ1) is 15.6. The molecular formula is C26H25NO5. The van der Waals surface area contributed by atoms with Crippen molar-refractivity contribution in [2.45, 2.75) is 18.6 Å². The maximum absolute atomic E-state index is 13.4. The summed E-state index contributed by atoms with van der Waals surface area (Å²) in [5.74, 6) is -1.33. The van der Waals surface area contributed by atoms with Gasteiger partial charge >= 0.3 is 11.9 Å². The summed E-state index contributed by atoms with van der Waals surface area (Å²) in [4.78, 5) is 33.3. The molecule has 1 heterocycles. The van der Waals surface area contributed by atoms with Crippen molar-refractivity contribution in [2.75, 3.05) is 19.3 Å². The molecule has 0 radical (unpaired) electrons. The van der Waals surface area contributed by atoms with Crippen LogP contribution in [0.15, 0.2) is 91.0 Å². The average Bonchev–Trinajstić information content (AvgIpc) is 2.88. The van der Waals surface area contributed by atoms with E-state index in [0.717, 1.165) is 11.1 Å². The minimum atomic E-state index is -1.65. The highest BCUT2D eigenvalue weighted by atomic mass is 16.7. The molecule has 1 saturated heterocycles. The zero-order valence-electron chi connectivity index (χ0n) is 18.0. The van der Waals surface area contributed by atoms with E-state index < -0.39 is 29.5 Å². The monoisotopic (exact) mass is 431 g/mol. The standard InChI is InChI=1S/C26H25NO5/c1-30-24(28)26(25(29)31-2)18-22(19-12-6-3-7-13-19)32-27(21-16-10-5-11-17-21)23(26)20-14-8-4-9-15-20/h3-17,22-23H,18H2,1-2H3. The van der Waals surface area contributed by atoms with Crippen molar-refractivity contribution < 1.29 is 23.9 Å². The Kier molecular flexibility index (Phi) is 6.23. The van der Waals surface area contributed by atoms with Gasteiger partial charge in [0.2, 0.25) is 0 Å². The predicted molar refractivity (Wildman–Crippen MR) is 119 cm³/mol. The van der Waals surface area contributed by atoms with Gasteiger partial charge in [0.05, 0.1) is 19.9 Å². The number of rotatable bonds is 5. The van der Waals surface area contributed by atoms with Crippen LogP contribution in [0.4, 0.5) is 5.69 Å². The van der Waals surface area contributed by atoms with Gasteiger partial charge in [-0.2, -0.15) is 0 Å². The SMILES string of the molecule is COC(=O)C1(C(=O)OC)CC(c2ccccc2)ON(c2ccccc2)C1c1ccccc1. The molecule has 0 spiro atoms. The van der Waals surface area contributed by atoms with Gasteiger partial charge in [-0.1, -0.05) is 78.9 Å². The maximum atomic E-state index is 13.4. The van der Waals surface area contributed by atoms with Crippen molar-refractivity contribution in [3.8, 4) is 0 Å². The molecule has 2 unspecified atom stereocenters. The van der Waals surface area contributed by atoms with E-state index in [9.17, 15) is 9.59 Å². The lowest BCUT2D eigenvalue weighted by atomic mass is 9.70. The lowest BCUT2D eigenvalue weighted by Gasteiger charge is -2.49. The van der Waals surface area contributed by atoms with Crippen molar-refractivity contribution in [3.05, 3.63) is 102 Å². The van der Waals surface area contributed by atoms with Crippen LogP contribution in [0, 0.1) is 5.41 Å². The molecule has 0 N–H and O–H groups in total. The smallest absolute Gasteiger partial charge is 0.325 e. The zero-order valence-corrected chi connectivity index (χ0v) is 18.0. The molecule has 0 bridgehead atoms. The highest BCUT2D eigenvalue weighted by Crippen LogP contribution is 2.53. The molecule has 164 valence electrons. The Bertz CT molecular complexity index is 1040. The van der Waals surface area contributed by atoms with E-state index in [1.165, 1.54) is 14.2 Å². The van der Waals surface area contributed by atoms with Gasteiger partial charge in [0.1, 0.15) is 12.1 Å². The Morgan fingerprint density at radius 2 is 1.25 bits per heavy atom. The Morgan fingerprint density at radius 3 is 1.75 bits per heavy atom. The number of methoxy groups -OCH3 is 2.